The number of rotatable bonds is 3. The van der Waals surface area contributed by atoms with Crippen molar-refractivity contribution in [3.05, 3.63) is 28.8 Å². The van der Waals surface area contributed by atoms with Crippen LogP contribution in [0, 0.1) is 5.92 Å². The van der Waals surface area contributed by atoms with Gasteiger partial charge in [0.25, 0.3) is 0 Å². The van der Waals surface area contributed by atoms with Crippen LogP contribution in [0.4, 0.5) is 23.7 Å². The standard InChI is InChI=1S/C19H22F3NO5/c1-5-11-8-13-15(9-14(11)19(20,21)22)23(18(26)28-10(2)3)7-6-12(16(13)24)17(25)27-4/h8-10,12H,5-7H2,1-4H3. The number of ether oxygens (including phenoxy) is 2. The highest BCUT2D eigenvalue weighted by Crippen LogP contribution is 2.39. The number of methoxy groups -OCH3 is 1. The van der Waals surface area contributed by atoms with E-state index in [0.717, 1.165) is 24.1 Å². The van der Waals surface area contributed by atoms with E-state index in [0.29, 0.717) is 0 Å². The van der Waals surface area contributed by atoms with E-state index in [1.54, 1.807) is 13.8 Å². The molecule has 1 aromatic carbocycles. The van der Waals surface area contributed by atoms with Crippen LogP contribution in [0.1, 0.15) is 48.7 Å². The second-order valence-corrected chi connectivity index (χ2v) is 6.69. The topological polar surface area (TPSA) is 72.9 Å². The number of anilines is 1. The van der Waals surface area contributed by atoms with E-state index in [2.05, 4.69) is 4.74 Å². The van der Waals surface area contributed by atoms with Gasteiger partial charge < -0.3 is 9.47 Å². The summed E-state index contributed by atoms with van der Waals surface area (Å²) in [5, 5.41) is 0. The highest BCUT2D eigenvalue weighted by molar-refractivity contribution is 6.14. The zero-order valence-electron chi connectivity index (χ0n) is 16.1. The Morgan fingerprint density at radius 2 is 1.93 bits per heavy atom. The minimum atomic E-state index is -4.66. The Labute approximate surface area is 160 Å². The number of esters is 1. The number of nitrogens with zero attached hydrogens (tertiary/aromatic N) is 1. The van der Waals surface area contributed by atoms with Gasteiger partial charge in [-0.2, -0.15) is 13.2 Å². The quantitative estimate of drug-likeness (QED) is 0.566. The number of alkyl halides is 3. The molecule has 1 unspecified atom stereocenters. The number of hydrogen-bond acceptors (Lipinski definition) is 5. The lowest BCUT2D eigenvalue weighted by molar-refractivity contribution is -0.143. The maximum atomic E-state index is 13.5. The number of Topliss-reactive ketones (excluding diaryl/α,β-unsaturated/α-hetero) is 1. The molecule has 0 radical (unpaired) electrons. The van der Waals surface area contributed by atoms with Crippen molar-refractivity contribution >= 4 is 23.5 Å². The molecule has 1 heterocycles. The monoisotopic (exact) mass is 401 g/mol. The van der Waals surface area contributed by atoms with Gasteiger partial charge in [0.15, 0.2) is 5.78 Å². The van der Waals surface area contributed by atoms with Gasteiger partial charge in [0.1, 0.15) is 5.92 Å². The zero-order valence-corrected chi connectivity index (χ0v) is 16.1. The molecule has 0 fully saturated rings. The minimum absolute atomic E-state index is 0.0226. The molecule has 28 heavy (non-hydrogen) atoms. The first kappa shape index (κ1) is 21.7. The van der Waals surface area contributed by atoms with Crippen LogP contribution in [0.3, 0.4) is 0 Å². The molecule has 0 N–H and O–H groups in total. The highest BCUT2D eigenvalue weighted by atomic mass is 19.4. The Kier molecular flexibility index (Phi) is 6.36. The number of carbonyl (C=O) groups excluding carboxylic acids is 3. The summed E-state index contributed by atoms with van der Waals surface area (Å²) in [5.74, 6) is -2.68. The molecule has 1 aliphatic heterocycles. The normalized spacial score (nSPS) is 17.2. The van der Waals surface area contributed by atoms with Gasteiger partial charge in [0.05, 0.1) is 24.5 Å². The average Bonchev–Trinajstić information content (AvgIpc) is 2.75. The van der Waals surface area contributed by atoms with Crippen molar-refractivity contribution in [2.24, 2.45) is 5.92 Å². The van der Waals surface area contributed by atoms with Gasteiger partial charge in [-0.15, -0.1) is 0 Å². The molecule has 0 aromatic heterocycles. The fourth-order valence-electron chi connectivity index (χ4n) is 3.13. The molecule has 0 spiro atoms. The van der Waals surface area contributed by atoms with Crippen LogP contribution in [0.25, 0.3) is 0 Å². The molecule has 0 aliphatic carbocycles. The lowest BCUT2D eigenvalue weighted by atomic mass is 9.92. The molecule has 9 heteroatoms. The number of halogens is 3. The predicted molar refractivity (Wildman–Crippen MR) is 94.2 cm³/mol. The number of fused-ring (bicyclic) bond motifs is 1. The summed E-state index contributed by atoms with van der Waals surface area (Å²) in [5.41, 5.74) is -1.37. The van der Waals surface area contributed by atoms with E-state index in [4.69, 9.17) is 4.74 Å². The summed E-state index contributed by atoms with van der Waals surface area (Å²) >= 11 is 0. The van der Waals surface area contributed by atoms with Gasteiger partial charge in [0, 0.05) is 12.1 Å². The van der Waals surface area contributed by atoms with Crippen LogP contribution in [-0.4, -0.2) is 37.6 Å². The molecule has 2 rings (SSSR count). The van der Waals surface area contributed by atoms with Crippen molar-refractivity contribution in [3.8, 4) is 0 Å². The number of amides is 1. The largest absolute Gasteiger partial charge is 0.468 e. The minimum Gasteiger partial charge on any atom is -0.468 e. The molecule has 1 aliphatic rings. The number of carbonyl (C=O) groups is 3. The van der Waals surface area contributed by atoms with Crippen molar-refractivity contribution in [1.29, 1.82) is 0 Å². The number of benzene rings is 1. The van der Waals surface area contributed by atoms with Crippen LogP contribution < -0.4 is 4.90 Å². The number of ketones is 1. The first-order valence-electron chi connectivity index (χ1n) is 8.85. The maximum absolute atomic E-state index is 13.5. The van der Waals surface area contributed by atoms with Crippen molar-refractivity contribution in [2.45, 2.75) is 45.9 Å². The first-order chi connectivity index (χ1) is 13.0. The summed E-state index contributed by atoms with van der Waals surface area (Å²) in [4.78, 5) is 38.4. The Hall–Kier alpha value is -2.58. The van der Waals surface area contributed by atoms with E-state index >= 15 is 0 Å². The van der Waals surface area contributed by atoms with Gasteiger partial charge in [-0.25, -0.2) is 4.79 Å². The lowest BCUT2D eigenvalue weighted by Crippen LogP contribution is -2.35. The molecule has 0 saturated carbocycles. The van der Waals surface area contributed by atoms with Crippen molar-refractivity contribution in [1.82, 2.24) is 0 Å². The molecular formula is C19H22F3NO5. The van der Waals surface area contributed by atoms with Crippen LogP contribution in [-0.2, 0) is 26.9 Å². The SMILES string of the molecule is CCc1cc2c(cc1C(F)(F)F)N(C(=O)OC(C)C)CCC(C(=O)OC)C2=O. The molecular weight excluding hydrogens is 379 g/mol. The summed E-state index contributed by atoms with van der Waals surface area (Å²) in [6, 6.07) is 1.89. The summed E-state index contributed by atoms with van der Waals surface area (Å²) in [6.45, 7) is 4.56. The van der Waals surface area contributed by atoms with Crippen LogP contribution in [0.15, 0.2) is 12.1 Å². The maximum Gasteiger partial charge on any atom is 0.416 e. The third kappa shape index (κ3) is 4.28. The predicted octanol–water partition coefficient (Wildman–Crippen LogP) is 3.99. The van der Waals surface area contributed by atoms with E-state index < -0.39 is 41.6 Å². The van der Waals surface area contributed by atoms with Crippen LogP contribution in [0.2, 0.25) is 0 Å². The Morgan fingerprint density at radius 1 is 1.29 bits per heavy atom. The van der Waals surface area contributed by atoms with Crippen LogP contribution >= 0.6 is 0 Å². The zero-order chi connectivity index (χ0) is 21.2. The fraction of sp³-hybridized carbons (Fsp3) is 0.526. The molecule has 154 valence electrons. The van der Waals surface area contributed by atoms with Gasteiger partial charge in [-0.1, -0.05) is 6.92 Å². The van der Waals surface area contributed by atoms with Crippen molar-refractivity contribution in [3.63, 3.8) is 0 Å². The Morgan fingerprint density at radius 3 is 2.43 bits per heavy atom. The average molecular weight is 401 g/mol. The third-order valence-electron chi connectivity index (χ3n) is 4.46. The van der Waals surface area contributed by atoms with E-state index in [1.165, 1.54) is 6.92 Å². The Balaban J connectivity index is 2.70. The third-order valence-corrected chi connectivity index (χ3v) is 4.46. The van der Waals surface area contributed by atoms with E-state index in [9.17, 15) is 27.6 Å². The molecule has 1 amide bonds. The lowest BCUT2D eigenvalue weighted by Gasteiger charge is -2.25. The first-order valence-corrected chi connectivity index (χ1v) is 8.85. The van der Waals surface area contributed by atoms with Crippen molar-refractivity contribution in [2.75, 3.05) is 18.6 Å². The highest BCUT2D eigenvalue weighted by Gasteiger charge is 2.40. The van der Waals surface area contributed by atoms with Crippen molar-refractivity contribution < 1.29 is 37.0 Å². The number of aryl methyl sites for hydroxylation is 1. The van der Waals surface area contributed by atoms with E-state index in [-0.39, 0.29) is 36.2 Å². The van der Waals surface area contributed by atoms with Gasteiger partial charge in [0.2, 0.25) is 0 Å². The summed E-state index contributed by atoms with van der Waals surface area (Å²) < 4.78 is 50.3. The second-order valence-electron chi connectivity index (χ2n) is 6.69. The fourth-order valence-corrected chi connectivity index (χ4v) is 3.13. The molecule has 0 bridgehead atoms. The molecule has 1 atom stereocenters. The molecule has 0 saturated heterocycles. The number of hydrogen-bond donors (Lipinski definition) is 0. The summed E-state index contributed by atoms with van der Waals surface area (Å²) in [6.07, 6.45) is -6.12. The summed E-state index contributed by atoms with van der Waals surface area (Å²) in [7, 11) is 1.12. The smallest absolute Gasteiger partial charge is 0.416 e. The van der Waals surface area contributed by atoms with E-state index in [1.807, 2.05) is 0 Å². The molecule has 1 aromatic rings. The van der Waals surface area contributed by atoms with Gasteiger partial charge in [-0.05, 0) is 44.4 Å². The Bertz CT molecular complexity index is 789. The van der Waals surface area contributed by atoms with Crippen LogP contribution in [0.5, 0.6) is 0 Å². The second kappa shape index (κ2) is 8.20. The van der Waals surface area contributed by atoms with Gasteiger partial charge in [-0.3, -0.25) is 14.5 Å². The van der Waals surface area contributed by atoms with Gasteiger partial charge >= 0.3 is 18.2 Å². The molecule has 6 nitrogen and oxygen atoms in total.